The number of hydrogen-bond acceptors (Lipinski definition) is 18. The fourth-order valence-corrected chi connectivity index (χ4v) is 15.4. The number of fused-ring (bicyclic) bond motifs is 5. The molecule has 4 unspecified atom stereocenters. The van der Waals surface area contributed by atoms with Gasteiger partial charge in [-0.25, -0.2) is 38.0 Å². The summed E-state index contributed by atoms with van der Waals surface area (Å²) in [6.45, 7) is 18.6. The number of nitrogens with one attached hydrogen (secondary N) is 2. The van der Waals surface area contributed by atoms with Gasteiger partial charge < -0.3 is 65.1 Å². The Labute approximate surface area is 484 Å². The van der Waals surface area contributed by atoms with Crippen molar-refractivity contribution >= 4 is 69.6 Å². The maximum Gasteiger partial charge on any atom is 0.490 e. The third-order valence-electron chi connectivity index (χ3n) is 15.8. The zero-order valence-corrected chi connectivity index (χ0v) is 50.7. The average molecular weight is 1230 g/mol. The van der Waals surface area contributed by atoms with Crippen LogP contribution in [-0.2, 0) is 41.1 Å². The molecule has 2 aromatic heterocycles. The maximum absolute atomic E-state index is 14.7. The number of benzene rings is 3. The highest BCUT2D eigenvalue weighted by Gasteiger charge is 2.50. The van der Waals surface area contributed by atoms with Crippen molar-refractivity contribution in [2.75, 3.05) is 57.0 Å². The predicted molar refractivity (Wildman–Crippen MR) is 306 cm³/mol. The number of amides is 3. The Kier molecular flexibility index (Phi) is 17.8. The highest BCUT2D eigenvalue weighted by atomic mass is 31.3. The van der Waals surface area contributed by atoms with E-state index in [-0.39, 0.29) is 77.8 Å². The van der Waals surface area contributed by atoms with E-state index >= 15 is 0 Å². The van der Waals surface area contributed by atoms with Gasteiger partial charge in [0.1, 0.15) is 42.1 Å². The van der Waals surface area contributed by atoms with Crippen molar-refractivity contribution in [2.24, 2.45) is 0 Å². The van der Waals surface area contributed by atoms with Crippen molar-refractivity contribution < 1.29 is 80.1 Å². The first kappa shape index (κ1) is 62.4. The molecule has 1 saturated heterocycles. The van der Waals surface area contributed by atoms with Gasteiger partial charge in [0.25, 0.3) is 5.91 Å². The lowest BCUT2D eigenvalue weighted by atomic mass is 9.77. The molecule has 30 heteroatoms. The topological polar surface area (TPSA) is 362 Å². The first-order valence-electron chi connectivity index (χ1n) is 27.5. The largest absolute Gasteiger partial charge is 0.490 e. The Hall–Kier alpha value is -6.18. The molecule has 0 radical (unpaired) electrons. The minimum atomic E-state index is -5.88. The van der Waals surface area contributed by atoms with E-state index in [0.29, 0.717) is 12.0 Å². The number of anilines is 2. The average Bonchev–Trinajstić information content (AvgIpc) is 1.20. The van der Waals surface area contributed by atoms with Crippen LogP contribution >= 0.6 is 23.5 Å². The molecule has 4 aliphatic heterocycles. The lowest BCUT2D eigenvalue weighted by Crippen LogP contribution is -2.52. The summed E-state index contributed by atoms with van der Waals surface area (Å²) in [4.78, 5) is 94.6. The molecule has 9 rings (SSSR count). The third-order valence-corrected chi connectivity index (χ3v) is 19.6. The van der Waals surface area contributed by atoms with Crippen LogP contribution in [-0.4, -0.2) is 143 Å². The minimum absolute atomic E-state index is 0.0327. The van der Waals surface area contributed by atoms with Crippen LogP contribution in [0.2, 0.25) is 0 Å². The van der Waals surface area contributed by atoms with E-state index in [1.807, 2.05) is 24.3 Å². The Balaban J connectivity index is 0.858. The summed E-state index contributed by atoms with van der Waals surface area (Å²) in [7, 11) is -15.5. The summed E-state index contributed by atoms with van der Waals surface area (Å²) in [5.41, 5.74) is 12.6. The molecular weight excluding hydrogens is 1150 g/mol. The van der Waals surface area contributed by atoms with Crippen molar-refractivity contribution in [3.63, 3.8) is 0 Å². The second-order valence-electron chi connectivity index (χ2n) is 22.7. The Morgan fingerprint density at radius 2 is 1.61 bits per heavy atom. The summed E-state index contributed by atoms with van der Waals surface area (Å²) in [5.74, 6) is 1.34. The summed E-state index contributed by atoms with van der Waals surface area (Å²) in [6.07, 6.45) is -3.19. The molecule has 454 valence electrons. The summed E-state index contributed by atoms with van der Waals surface area (Å²) >= 11 is 0. The first-order chi connectivity index (χ1) is 39.4. The van der Waals surface area contributed by atoms with E-state index in [0.717, 1.165) is 76.7 Å². The van der Waals surface area contributed by atoms with E-state index in [1.54, 1.807) is 11.9 Å². The van der Waals surface area contributed by atoms with Gasteiger partial charge in [-0.2, -0.15) is 8.62 Å². The fraction of sp³-hybridized carbons (Fsp3) is 0.500. The lowest BCUT2D eigenvalue weighted by molar-refractivity contribution is -0.121. The Morgan fingerprint density at radius 1 is 0.893 bits per heavy atom. The summed E-state index contributed by atoms with van der Waals surface area (Å²) in [5, 5.41) is 18.5. The molecule has 4 aliphatic rings. The lowest BCUT2D eigenvalue weighted by Gasteiger charge is -2.47. The third kappa shape index (κ3) is 13.0. The zero-order valence-electron chi connectivity index (χ0n) is 48.0. The van der Waals surface area contributed by atoms with Crippen molar-refractivity contribution in [1.82, 2.24) is 39.6 Å². The van der Waals surface area contributed by atoms with E-state index in [1.165, 1.54) is 22.0 Å². The molecule has 8 atom stereocenters. The van der Waals surface area contributed by atoms with Crippen molar-refractivity contribution in [1.29, 1.82) is 0 Å². The molecule has 27 nitrogen and oxygen atoms in total. The number of hydrogen-bond donors (Lipinski definition) is 8. The van der Waals surface area contributed by atoms with Crippen LogP contribution < -0.4 is 41.2 Å². The van der Waals surface area contributed by atoms with E-state index in [2.05, 4.69) is 128 Å². The van der Waals surface area contributed by atoms with Gasteiger partial charge in [-0.05, 0) is 95.5 Å². The predicted octanol–water partition coefficient (Wildman–Crippen LogP) is 5.04. The highest BCUT2D eigenvalue weighted by Crippen LogP contribution is 2.66. The molecule has 0 saturated carbocycles. The summed E-state index contributed by atoms with van der Waals surface area (Å²) < 4.78 is 69.7. The quantitative estimate of drug-likeness (QED) is 0.0282. The number of aromatic nitrogens is 4. The van der Waals surface area contributed by atoms with Gasteiger partial charge in [0.05, 0.1) is 19.0 Å². The molecule has 9 N–H and O–H groups in total. The number of aliphatic hydroxyl groups is 1. The van der Waals surface area contributed by atoms with Gasteiger partial charge in [0.2, 0.25) is 11.3 Å². The van der Waals surface area contributed by atoms with Crippen molar-refractivity contribution in [3.05, 3.63) is 99.6 Å². The Bertz CT molecular complexity index is 3690. The number of phosphoric ester groups is 1. The molecule has 6 heterocycles. The molecule has 1 fully saturated rings. The highest BCUT2D eigenvalue weighted by molar-refractivity contribution is 7.66. The van der Waals surface area contributed by atoms with Crippen LogP contribution in [0.25, 0.3) is 16.7 Å². The standard InChI is InChI=1S/C54H71N10O17P3/c1-10-63-38-23-40-36(21-34(38)30(3)25-53(63,5)6)44(37-22-35-31(4)26-54(7,8)64(11-2)39(35)24-41(37)77-40)32-15-12-13-16-33(32)50(67)61(9)20-14-17-43(65)56-18-19-57-52(68)79-47-46(66)42(27-76-83(72,73)81-84(74,75)80-82(69,70)71)78-51(47)62-29-60-45-48(55)58-28-59-49(45)62/h12-13,15-16,21-24,28-31,42,46-47,51,66H,10-11,14,17-20,25-27H2,1-9H3,(H7-,55,56,57,58,59,65,68,69,70,71,72,73,74,75)/p+1/t30?,31?,42-,46-,47-,51-/m1/s1. The molecule has 5 aromatic rings. The van der Waals surface area contributed by atoms with Crippen molar-refractivity contribution in [2.45, 2.75) is 129 Å². The van der Waals surface area contributed by atoms with Crippen LogP contribution in [0.3, 0.4) is 0 Å². The van der Waals surface area contributed by atoms with Crippen molar-refractivity contribution in [3.8, 4) is 11.5 Å². The van der Waals surface area contributed by atoms with Crippen LogP contribution in [0.4, 0.5) is 16.3 Å². The number of carbonyl (C=O) groups is 3. The number of carbonyl (C=O) groups excluding carboxylic acids is 3. The number of nitrogen functional groups attached to an aromatic ring is 1. The number of phosphoric acid groups is 3. The number of alkyl carbamates (subject to hydrolysis) is 1. The number of nitrogens with zero attached hydrogens (tertiary/aromatic N) is 7. The molecule has 3 amide bonds. The van der Waals surface area contributed by atoms with Gasteiger partial charge in [0.15, 0.2) is 29.3 Å². The number of nitrogens with two attached hydrogens (primary N) is 1. The van der Waals surface area contributed by atoms with Gasteiger partial charge in [-0.1, -0.05) is 32.0 Å². The zero-order chi connectivity index (χ0) is 61.0. The first-order valence-corrected chi connectivity index (χ1v) is 32.0. The van der Waals surface area contributed by atoms with Crippen LogP contribution in [0.1, 0.15) is 132 Å². The normalized spacial score (nSPS) is 22.8. The fourth-order valence-electron chi connectivity index (χ4n) is 12.4. The van der Waals surface area contributed by atoms with Crippen LogP contribution in [0, 0.1) is 0 Å². The second-order valence-corrected chi connectivity index (χ2v) is 27.1. The number of rotatable bonds is 20. The second kappa shape index (κ2) is 23.9. The monoisotopic (exact) mass is 1230 g/mol. The Morgan fingerprint density at radius 3 is 2.32 bits per heavy atom. The molecule has 0 bridgehead atoms. The molecular formula is C54H72N10O17P3+. The molecule has 3 aromatic carbocycles. The van der Waals surface area contributed by atoms with E-state index < -0.39 is 60.7 Å². The van der Waals surface area contributed by atoms with E-state index in [4.69, 9.17) is 29.7 Å². The number of ether oxygens (including phenoxy) is 3. The number of aliphatic hydroxyl groups excluding tert-OH is 1. The SMILES string of the molecule is CCN1c2cc3c(cc2C(C)CC1(C)C)C(c1ccccc1C(=O)N(C)CCCC(=O)NCCNC(=O)O[C@@H]1[C@H](O)[C@@H](COP(=O)(O)OP(=O)(O)OP(=O)(O)O)O[C@H]1n1cnc2c(N)ncnc21)=c1cc2c(cc1O3)=[N+](CC)C(C)(C)CC2C. The molecule has 0 aliphatic carbocycles. The van der Waals surface area contributed by atoms with E-state index in [9.17, 15) is 43.0 Å². The van der Waals surface area contributed by atoms with Crippen LogP contribution in [0.15, 0.2) is 61.2 Å². The maximum atomic E-state index is 14.7. The van der Waals surface area contributed by atoms with Gasteiger partial charge >= 0.3 is 29.6 Å². The summed E-state index contributed by atoms with van der Waals surface area (Å²) in [6, 6.07) is 16.6. The number of imidazole rings is 1. The van der Waals surface area contributed by atoms with Gasteiger partial charge in [-0.15, -0.1) is 0 Å². The van der Waals surface area contributed by atoms with Crippen LogP contribution in [0.5, 0.6) is 11.5 Å². The molecule has 84 heavy (non-hydrogen) atoms. The van der Waals surface area contributed by atoms with Gasteiger partial charge in [0, 0.05) is 90.8 Å². The minimum Gasteiger partial charge on any atom is -0.456 e. The molecule has 0 spiro atoms. The van der Waals surface area contributed by atoms with Gasteiger partial charge in [-0.3, -0.25) is 18.7 Å². The smallest absolute Gasteiger partial charge is 0.456 e.